The fourth-order valence-electron chi connectivity index (χ4n) is 2.33. The normalized spacial score (nSPS) is 14.7. The number of thioether (sulfide) groups is 1. The molecule has 1 aromatic carbocycles. The molecule has 0 bridgehead atoms. The maximum atomic E-state index is 12.8. The van der Waals surface area contributed by atoms with Gasteiger partial charge < -0.3 is 5.32 Å². The smallest absolute Gasteiger partial charge is 0.272 e. The molecule has 0 aliphatic carbocycles. The van der Waals surface area contributed by atoms with E-state index in [1.807, 2.05) is 6.08 Å². The minimum absolute atomic E-state index is 0.157. The van der Waals surface area contributed by atoms with E-state index >= 15 is 0 Å². The van der Waals surface area contributed by atoms with Crippen LogP contribution in [-0.4, -0.2) is 35.5 Å². The Hall–Kier alpha value is -2.82. The summed E-state index contributed by atoms with van der Waals surface area (Å²) in [6, 6.07) is 7.04. The van der Waals surface area contributed by atoms with Gasteiger partial charge in [0, 0.05) is 18.3 Å². The third kappa shape index (κ3) is 3.72. The summed E-state index contributed by atoms with van der Waals surface area (Å²) in [5.74, 6) is 2.50. The van der Waals surface area contributed by atoms with Crippen LogP contribution >= 0.6 is 11.8 Å². The van der Waals surface area contributed by atoms with Crippen molar-refractivity contribution in [1.29, 1.82) is 0 Å². The second kappa shape index (κ2) is 8.04. The zero-order valence-electron chi connectivity index (χ0n) is 14.0. The molecule has 3 rings (SSSR count). The highest BCUT2D eigenvalue weighted by Gasteiger charge is 2.27. The molecule has 1 aliphatic heterocycles. The number of hydrogen-bond acceptors (Lipinski definition) is 5. The standard InChI is InChI=1S/C19H15BN4OS/c1-3-9-21-10-4-11-22-18-13(2)16-17(26-18)19(25)24(12-23-16)15-7-5-14(20)6-8-15/h1,4-8,11-12,21H,2,9-10H2/b11-4-,22-18?. The number of terminal acetylenes is 1. The summed E-state index contributed by atoms with van der Waals surface area (Å²) >= 11 is 1.28. The number of fused-ring (bicyclic) bond motifs is 1. The lowest BCUT2D eigenvalue weighted by Crippen LogP contribution is -2.21. The molecule has 1 N–H and O–H groups in total. The lowest BCUT2D eigenvalue weighted by atomic mass is 9.96. The van der Waals surface area contributed by atoms with E-state index in [-0.39, 0.29) is 5.56 Å². The molecule has 26 heavy (non-hydrogen) atoms. The Morgan fingerprint density at radius 2 is 2.19 bits per heavy atom. The molecule has 0 fully saturated rings. The van der Waals surface area contributed by atoms with E-state index in [0.29, 0.717) is 45.4 Å². The molecule has 2 aromatic rings. The molecule has 2 heterocycles. The number of rotatable bonds is 5. The molecule has 1 aliphatic rings. The molecule has 0 unspecified atom stereocenters. The second-order valence-electron chi connectivity index (χ2n) is 5.42. The van der Waals surface area contributed by atoms with Crippen molar-refractivity contribution in [2.24, 2.45) is 4.99 Å². The first-order chi connectivity index (χ1) is 12.6. The first-order valence-corrected chi connectivity index (χ1v) is 8.65. The van der Waals surface area contributed by atoms with Gasteiger partial charge in [-0.05, 0) is 12.1 Å². The molecule has 0 spiro atoms. The number of hydrogen-bond donors (Lipinski definition) is 1. The van der Waals surface area contributed by atoms with Crippen molar-refractivity contribution in [3.05, 3.63) is 65.5 Å². The van der Waals surface area contributed by atoms with Crippen molar-refractivity contribution < 1.29 is 0 Å². The van der Waals surface area contributed by atoms with Crippen molar-refractivity contribution in [3.63, 3.8) is 0 Å². The molecular formula is C19H15BN4OS. The fourth-order valence-corrected chi connectivity index (χ4v) is 3.31. The number of nitrogens with one attached hydrogen (secondary N) is 1. The van der Waals surface area contributed by atoms with Crippen LogP contribution in [0.25, 0.3) is 11.3 Å². The Bertz CT molecular complexity index is 1000. The average Bonchev–Trinajstić information content (AvgIpc) is 2.96. The van der Waals surface area contributed by atoms with Crippen molar-refractivity contribution >= 4 is 35.7 Å². The summed E-state index contributed by atoms with van der Waals surface area (Å²) in [6.07, 6.45) is 10.2. The maximum absolute atomic E-state index is 12.8. The summed E-state index contributed by atoms with van der Waals surface area (Å²) in [7, 11) is 5.70. The topological polar surface area (TPSA) is 59.3 Å². The van der Waals surface area contributed by atoms with E-state index in [4.69, 9.17) is 14.3 Å². The molecule has 1 aromatic heterocycles. The molecule has 7 heteroatoms. The Balaban J connectivity index is 1.84. The van der Waals surface area contributed by atoms with Gasteiger partial charge in [-0.25, -0.2) is 9.98 Å². The first-order valence-electron chi connectivity index (χ1n) is 7.84. The van der Waals surface area contributed by atoms with Gasteiger partial charge in [-0.2, -0.15) is 0 Å². The fraction of sp³-hybridized carbons (Fsp3) is 0.105. The molecular weight excluding hydrogens is 343 g/mol. The van der Waals surface area contributed by atoms with E-state index in [9.17, 15) is 4.79 Å². The van der Waals surface area contributed by atoms with Crippen LogP contribution in [0.3, 0.4) is 0 Å². The number of aromatic nitrogens is 2. The average molecular weight is 358 g/mol. The van der Waals surface area contributed by atoms with Gasteiger partial charge in [0.2, 0.25) is 0 Å². The van der Waals surface area contributed by atoms with E-state index in [0.717, 1.165) is 0 Å². The monoisotopic (exact) mass is 358 g/mol. The first kappa shape index (κ1) is 18.0. The summed E-state index contributed by atoms with van der Waals surface area (Å²) in [5, 5.41) is 3.69. The summed E-state index contributed by atoms with van der Waals surface area (Å²) in [6.45, 7) is 5.13. The molecule has 126 valence electrons. The third-order valence-electron chi connectivity index (χ3n) is 3.63. The zero-order chi connectivity index (χ0) is 18.5. The molecule has 0 saturated carbocycles. The third-order valence-corrected chi connectivity index (χ3v) is 4.75. The Morgan fingerprint density at radius 1 is 1.42 bits per heavy atom. The minimum atomic E-state index is -0.157. The van der Waals surface area contributed by atoms with E-state index in [1.165, 1.54) is 22.7 Å². The minimum Gasteiger partial charge on any atom is -0.303 e. The highest BCUT2D eigenvalue weighted by Crippen LogP contribution is 2.36. The summed E-state index contributed by atoms with van der Waals surface area (Å²) in [5.41, 5.74) is 2.40. The Labute approximate surface area is 157 Å². The van der Waals surface area contributed by atoms with Crippen LogP contribution < -0.4 is 16.3 Å². The largest absolute Gasteiger partial charge is 0.303 e. The maximum Gasteiger partial charge on any atom is 0.272 e. The summed E-state index contributed by atoms with van der Waals surface area (Å²) in [4.78, 5) is 22.1. The second-order valence-corrected chi connectivity index (χ2v) is 6.42. The van der Waals surface area contributed by atoms with E-state index < -0.39 is 0 Å². The van der Waals surface area contributed by atoms with Gasteiger partial charge in [-0.1, -0.05) is 47.9 Å². The Kier molecular flexibility index (Phi) is 5.57. The van der Waals surface area contributed by atoms with Gasteiger partial charge in [-0.3, -0.25) is 9.36 Å². The van der Waals surface area contributed by atoms with Gasteiger partial charge in [-0.15, -0.1) is 6.42 Å². The molecule has 0 amide bonds. The van der Waals surface area contributed by atoms with E-state index in [2.05, 4.69) is 27.8 Å². The SMILES string of the molecule is [B]c1ccc(-n2cnc3c(c2=O)SC(=N/C=C\CNCC#C)C3=C)cc1. The van der Waals surface area contributed by atoms with Gasteiger partial charge >= 0.3 is 0 Å². The molecule has 5 nitrogen and oxygen atoms in total. The summed E-state index contributed by atoms with van der Waals surface area (Å²) < 4.78 is 1.49. The van der Waals surface area contributed by atoms with Crippen LogP contribution in [0, 0.1) is 12.3 Å². The quantitative estimate of drug-likeness (QED) is 0.497. The van der Waals surface area contributed by atoms with Crippen LogP contribution in [-0.2, 0) is 0 Å². The van der Waals surface area contributed by atoms with Crippen LogP contribution in [0.4, 0.5) is 0 Å². The highest BCUT2D eigenvalue weighted by molar-refractivity contribution is 8.15. The van der Waals surface area contributed by atoms with Crippen molar-refractivity contribution in [2.45, 2.75) is 4.90 Å². The predicted molar refractivity (Wildman–Crippen MR) is 108 cm³/mol. The van der Waals surface area contributed by atoms with Crippen molar-refractivity contribution in [2.75, 3.05) is 13.1 Å². The zero-order valence-corrected chi connectivity index (χ0v) is 14.8. The van der Waals surface area contributed by atoms with Gasteiger partial charge in [0.15, 0.2) is 0 Å². The molecule has 2 radical (unpaired) electrons. The van der Waals surface area contributed by atoms with Gasteiger partial charge in [0.05, 0.1) is 17.9 Å². The number of aliphatic imine (C=N–C) groups is 1. The van der Waals surface area contributed by atoms with E-state index in [1.54, 1.807) is 30.5 Å². The van der Waals surface area contributed by atoms with Gasteiger partial charge in [0.1, 0.15) is 24.1 Å². The van der Waals surface area contributed by atoms with Crippen molar-refractivity contribution in [3.8, 4) is 18.0 Å². The van der Waals surface area contributed by atoms with Crippen molar-refractivity contribution in [1.82, 2.24) is 14.9 Å². The lowest BCUT2D eigenvalue weighted by Gasteiger charge is -2.07. The van der Waals surface area contributed by atoms with Crippen LogP contribution in [0.2, 0.25) is 0 Å². The number of benzene rings is 1. The Morgan fingerprint density at radius 3 is 2.92 bits per heavy atom. The van der Waals surface area contributed by atoms with Crippen LogP contribution in [0.1, 0.15) is 5.69 Å². The lowest BCUT2D eigenvalue weighted by molar-refractivity contribution is 0.856. The van der Waals surface area contributed by atoms with Crippen LogP contribution in [0.5, 0.6) is 0 Å². The van der Waals surface area contributed by atoms with Crippen LogP contribution in [0.15, 0.2) is 64.1 Å². The molecule has 0 saturated heterocycles. The van der Waals surface area contributed by atoms with Gasteiger partial charge in [0.25, 0.3) is 5.56 Å². The highest BCUT2D eigenvalue weighted by atomic mass is 32.2. The predicted octanol–water partition coefficient (Wildman–Crippen LogP) is 1.28. The number of nitrogens with zero attached hydrogens (tertiary/aromatic N) is 3. The molecule has 0 atom stereocenters.